The van der Waals surface area contributed by atoms with Crippen LogP contribution in [0.4, 0.5) is 0 Å². The molecule has 0 fully saturated rings. The number of hydrogen-bond donors (Lipinski definition) is 1. The zero-order valence-electron chi connectivity index (χ0n) is 17.7. The number of rotatable bonds is 6. The van der Waals surface area contributed by atoms with Gasteiger partial charge in [-0.05, 0) is 63.9 Å². The van der Waals surface area contributed by atoms with Crippen LogP contribution in [0.25, 0.3) is 0 Å². The molecule has 0 saturated heterocycles. The Morgan fingerprint density at radius 1 is 1.14 bits per heavy atom. The fourth-order valence-electron chi connectivity index (χ4n) is 3.60. The molecule has 0 aliphatic carbocycles. The number of methoxy groups -OCH3 is 1. The number of hydrogen-bond acceptors (Lipinski definition) is 4. The third-order valence-electron chi connectivity index (χ3n) is 4.88. The maximum atomic E-state index is 13.0. The fraction of sp³-hybridized carbons (Fsp3) is 0.375. The topological polar surface area (TPSA) is 67.8 Å². The Bertz CT molecular complexity index is 974. The van der Waals surface area contributed by atoms with Crippen molar-refractivity contribution in [3.63, 3.8) is 0 Å². The number of ketones is 1. The van der Waals surface area contributed by atoms with E-state index in [0.717, 1.165) is 23.4 Å². The summed E-state index contributed by atoms with van der Waals surface area (Å²) >= 11 is 0. The molecule has 5 nitrogen and oxygen atoms in total. The van der Waals surface area contributed by atoms with Gasteiger partial charge in [-0.1, -0.05) is 18.2 Å². The fourth-order valence-corrected chi connectivity index (χ4v) is 3.60. The predicted molar refractivity (Wildman–Crippen MR) is 115 cm³/mol. The van der Waals surface area contributed by atoms with Crippen molar-refractivity contribution < 1.29 is 14.3 Å². The van der Waals surface area contributed by atoms with Crippen molar-refractivity contribution in [2.24, 2.45) is 4.99 Å². The van der Waals surface area contributed by atoms with Gasteiger partial charge in [0.1, 0.15) is 5.75 Å². The Morgan fingerprint density at radius 3 is 2.55 bits per heavy atom. The summed E-state index contributed by atoms with van der Waals surface area (Å²) in [5.74, 6) is 0.506. The number of amides is 1. The van der Waals surface area contributed by atoms with Gasteiger partial charge in [0.05, 0.1) is 24.8 Å². The molecule has 0 bridgehead atoms. The molecule has 0 radical (unpaired) electrons. The van der Waals surface area contributed by atoms with Crippen LogP contribution in [0.1, 0.15) is 66.0 Å². The van der Waals surface area contributed by atoms with Crippen LogP contribution >= 0.6 is 0 Å². The maximum absolute atomic E-state index is 13.0. The Labute approximate surface area is 172 Å². The monoisotopic (exact) mass is 392 g/mol. The van der Waals surface area contributed by atoms with E-state index >= 15 is 0 Å². The first kappa shape index (κ1) is 20.8. The van der Waals surface area contributed by atoms with Gasteiger partial charge in [0, 0.05) is 22.7 Å². The first-order valence-corrected chi connectivity index (χ1v) is 9.88. The molecule has 0 unspecified atom stereocenters. The average molecular weight is 392 g/mol. The first-order valence-electron chi connectivity index (χ1n) is 9.88. The molecule has 2 aromatic rings. The lowest BCUT2D eigenvalue weighted by Crippen LogP contribution is -2.30. The van der Waals surface area contributed by atoms with Gasteiger partial charge < -0.3 is 10.1 Å². The lowest BCUT2D eigenvalue weighted by Gasteiger charge is -2.29. The Hall–Kier alpha value is -2.95. The summed E-state index contributed by atoms with van der Waals surface area (Å²) in [6.07, 6.45) is 0.994. The minimum Gasteiger partial charge on any atom is -0.497 e. The number of fused-ring (bicyclic) bond motifs is 1. The van der Waals surface area contributed by atoms with Gasteiger partial charge in [-0.25, -0.2) is 0 Å². The molecule has 1 heterocycles. The van der Waals surface area contributed by atoms with Crippen LogP contribution in [-0.4, -0.2) is 36.1 Å². The van der Waals surface area contributed by atoms with Crippen LogP contribution in [0, 0.1) is 0 Å². The SMILES string of the molecule is COc1ccc2c(c1)C(CC(=O)c1cccc(C(=O)NC(C)C)c1)=NC(C)(C)C2. The van der Waals surface area contributed by atoms with Crippen molar-refractivity contribution in [2.45, 2.75) is 52.1 Å². The summed E-state index contributed by atoms with van der Waals surface area (Å²) in [6.45, 7) is 7.95. The zero-order valence-corrected chi connectivity index (χ0v) is 17.7. The summed E-state index contributed by atoms with van der Waals surface area (Å²) in [7, 11) is 1.63. The highest BCUT2D eigenvalue weighted by Crippen LogP contribution is 2.31. The number of benzene rings is 2. The molecule has 0 aromatic heterocycles. The zero-order chi connectivity index (χ0) is 21.2. The normalized spacial score (nSPS) is 14.8. The van der Waals surface area contributed by atoms with Gasteiger partial charge >= 0.3 is 0 Å². The van der Waals surface area contributed by atoms with Crippen molar-refractivity contribution >= 4 is 17.4 Å². The number of Topliss-reactive ketones (excluding diaryl/α,β-unsaturated/α-hetero) is 1. The quantitative estimate of drug-likeness (QED) is 0.748. The summed E-state index contributed by atoms with van der Waals surface area (Å²) < 4.78 is 5.36. The van der Waals surface area contributed by atoms with Crippen LogP contribution in [0.15, 0.2) is 47.5 Å². The van der Waals surface area contributed by atoms with Crippen LogP contribution in [0.2, 0.25) is 0 Å². The number of nitrogens with one attached hydrogen (secondary N) is 1. The number of nitrogens with zero attached hydrogens (tertiary/aromatic N) is 1. The van der Waals surface area contributed by atoms with E-state index in [-0.39, 0.29) is 29.7 Å². The van der Waals surface area contributed by atoms with Gasteiger partial charge in [0.25, 0.3) is 5.91 Å². The van der Waals surface area contributed by atoms with Crippen LogP contribution in [0.5, 0.6) is 5.75 Å². The van der Waals surface area contributed by atoms with Crippen LogP contribution < -0.4 is 10.1 Å². The molecule has 1 N–H and O–H groups in total. The molecule has 5 heteroatoms. The molecule has 1 aliphatic heterocycles. The molecule has 29 heavy (non-hydrogen) atoms. The van der Waals surface area contributed by atoms with Gasteiger partial charge in [0.15, 0.2) is 5.78 Å². The highest BCUT2D eigenvalue weighted by atomic mass is 16.5. The third kappa shape index (κ3) is 4.91. The van der Waals surface area contributed by atoms with E-state index < -0.39 is 0 Å². The highest BCUT2D eigenvalue weighted by molar-refractivity contribution is 6.17. The molecule has 3 rings (SSSR count). The van der Waals surface area contributed by atoms with Gasteiger partial charge in [-0.15, -0.1) is 0 Å². The van der Waals surface area contributed by atoms with E-state index in [9.17, 15) is 9.59 Å². The second-order valence-corrected chi connectivity index (χ2v) is 8.38. The van der Waals surface area contributed by atoms with E-state index in [1.165, 1.54) is 5.56 Å². The lowest BCUT2D eigenvalue weighted by atomic mass is 9.85. The Balaban J connectivity index is 1.89. The molecule has 0 atom stereocenters. The minimum atomic E-state index is -0.268. The summed E-state index contributed by atoms with van der Waals surface area (Å²) in [6, 6.07) is 12.8. The molecule has 152 valence electrons. The maximum Gasteiger partial charge on any atom is 0.251 e. The summed E-state index contributed by atoms with van der Waals surface area (Å²) in [5.41, 5.74) is 3.62. The molecule has 1 amide bonds. The van der Waals surface area contributed by atoms with Crippen molar-refractivity contribution in [3.8, 4) is 5.75 Å². The number of ether oxygens (including phenoxy) is 1. The van der Waals surface area contributed by atoms with Gasteiger partial charge in [0.2, 0.25) is 0 Å². The van der Waals surface area contributed by atoms with Crippen molar-refractivity contribution in [3.05, 3.63) is 64.7 Å². The molecule has 2 aromatic carbocycles. The van der Waals surface area contributed by atoms with Crippen LogP contribution in [-0.2, 0) is 6.42 Å². The van der Waals surface area contributed by atoms with Crippen molar-refractivity contribution in [2.75, 3.05) is 7.11 Å². The number of carbonyl (C=O) groups excluding carboxylic acids is 2. The molecular weight excluding hydrogens is 364 g/mol. The Kier molecular flexibility index (Phi) is 5.87. The van der Waals surface area contributed by atoms with Crippen molar-refractivity contribution in [1.82, 2.24) is 5.32 Å². The largest absolute Gasteiger partial charge is 0.497 e. The second-order valence-electron chi connectivity index (χ2n) is 8.38. The van der Waals surface area contributed by atoms with E-state index in [2.05, 4.69) is 19.2 Å². The van der Waals surface area contributed by atoms with Crippen molar-refractivity contribution in [1.29, 1.82) is 0 Å². The lowest BCUT2D eigenvalue weighted by molar-refractivity contribution is 0.0943. The molecule has 0 spiro atoms. The van der Waals surface area contributed by atoms with E-state index in [1.54, 1.807) is 31.4 Å². The number of carbonyl (C=O) groups is 2. The van der Waals surface area contributed by atoms with E-state index in [1.807, 2.05) is 32.0 Å². The van der Waals surface area contributed by atoms with E-state index in [4.69, 9.17) is 9.73 Å². The summed E-state index contributed by atoms with van der Waals surface area (Å²) in [5, 5.41) is 2.86. The van der Waals surface area contributed by atoms with Crippen LogP contribution in [0.3, 0.4) is 0 Å². The first-order chi connectivity index (χ1) is 13.7. The Morgan fingerprint density at radius 2 is 1.86 bits per heavy atom. The highest BCUT2D eigenvalue weighted by Gasteiger charge is 2.28. The molecular formula is C24H28N2O3. The van der Waals surface area contributed by atoms with E-state index in [0.29, 0.717) is 11.1 Å². The number of aliphatic imine (C=N–C) groups is 1. The standard InChI is InChI=1S/C24H28N2O3/c1-15(2)25-23(28)17-8-6-7-16(11-17)22(27)13-21-20-12-19(29-5)10-9-18(20)14-24(3,4)26-21/h6-12,15H,13-14H2,1-5H3,(H,25,28). The van der Waals surface area contributed by atoms with Gasteiger partial charge in [-0.3, -0.25) is 14.6 Å². The summed E-state index contributed by atoms with van der Waals surface area (Å²) in [4.78, 5) is 30.2. The second kappa shape index (κ2) is 8.19. The third-order valence-corrected chi connectivity index (χ3v) is 4.88. The predicted octanol–water partition coefficient (Wildman–Crippen LogP) is 4.23. The van der Waals surface area contributed by atoms with Gasteiger partial charge in [-0.2, -0.15) is 0 Å². The minimum absolute atomic E-state index is 0.0344. The molecule has 0 saturated carbocycles. The molecule has 1 aliphatic rings. The average Bonchev–Trinajstić information content (AvgIpc) is 2.66. The smallest absolute Gasteiger partial charge is 0.251 e.